The van der Waals surface area contributed by atoms with Crippen molar-refractivity contribution in [2.45, 2.75) is 47.1 Å². The molecule has 13 heteroatoms. The zero-order chi connectivity index (χ0) is 25.1. The zero-order valence-electron chi connectivity index (χ0n) is 17.7. The Morgan fingerprint density at radius 3 is 2.29 bits per heavy atom. The van der Waals surface area contributed by atoms with Crippen LogP contribution in [0.3, 0.4) is 0 Å². The maximum Gasteiger partial charge on any atom is 0.356 e. The van der Waals surface area contributed by atoms with E-state index in [2.05, 4.69) is 0 Å². The number of hydrogen-bond acceptors (Lipinski definition) is 5. The number of alkyl halides is 2. The molecule has 0 radical (unpaired) electrons. The lowest BCUT2D eigenvalue weighted by atomic mass is 9.71. The van der Waals surface area contributed by atoms with Gasteiger partial charge in [-0.3, -0.25) is 0 Å². The molecule has 1 saturated carbocycles. The molecule has 0 amide bonds. The molecule has 1 aliphatic heterocycles. The van der Waals surface area contributed by atoms with Crippen LogP contribution in [0.2, 0.25) is 5.02 Å². The van der Waals surface area contributed by atoms with Crippen LogP contribution in [0, 0.1) is 17.6 Å². The molecule has 0 aromatic heterocycles. The SMILES string of the molecule is CC(F)(F)S(=O)(=O)N[C@@H]1CC[C@@]2(S(=O)(=O)c3ccc(Cl)cc3)c3c(F)ccc(F)c3OC[C@H]2C1. The molecular formula is C21H20ClF4NO5S2. The molecule has 6 nitrogen and oxygen atoms in total. The third-order valence-electron chi connectivity index (χ3n) is 6.40. The first-order chi connectivity index (χ1) is 15.7. The molecule has 3 atom stereocenters. The van der Waals surface area contributed by atoms with Gasteiger partial charge < -0.3 is 4.74 Å². The first-order valence-electron chi connectivity index (χ1n) is 10.2. The monoisotopic (exact) mass is 541 g/mol. The fourth-order valence-corrected chi connectivity index (χ4v) is 8.12. The number of rotatable bonds is 5. The van der Waals surface area contributed by atoms with E-state index in [1.54, 1.807) is 0 Å². The van der Waals surface area contributed by atoms with Crippen molar-refractivity contribution in [1.82, 2.24) is 4.72 Å². The minimum Gasteiger partial charge on any atom is -0.490 e. The minimum atomic E-state index is -5.05. The van der Waals surface area contributed by atoms with Gasteiger partial charge in [0.2, 0.25) is 0 Å². The highest BCUT2D eigenvalue weighted by Crippen LogP contribution is 2.56. The van der Waals surface area contributed by atoms with E-state index in [0.29, 0.717) is 0 Å². The van der Waals surface area contributed by atoms with E-state index >= 15 is 4.39 Å². The van der Waals surface area contributed by atoms with Crippen LogP contribution in [-0.4, -0.2) is 34.7 Å². The van der Waals surface area contributed by atoms with Gasteiger partial charge in [0.1, 0.15) is 10.6 Å². The second-order valence-corrected chi connectivity index (χ2v) is 13.1. The van der Waals surface area contributed by atoms with E-state index < -0.39 is 64.8 Å². The van der Waals surface area contributed by atoms with Crippen LogP contribution in [0.4, 0.5) is 17.6 Å². The standard InChI is InChI=1S/C21H20ClF4NO5S2/c1-20(25,26)34(30,31)27-14-8-9-21(33(28,29)15-4-2-13(22)3-5-15)12(10-14)11-32-19-17(24)7-6-16(23)18(19)21/h2-7,12,14,27H,8-11H2,1H3/t12-,14-,21+/m1/s1. The topological polar surface area (TPSA) is 89.5 Å². The van der Waals surface area contributed by atoms with Crippen LogP contribution in [-0.2, 0) is 24.6 Å². The number of fused-ring (bicyclic) bond motifs is 3. The van der Waals surface area contributed by atoms with E-state index in [9.17, 15) is 30.0 Å². The van der Waals surface area contributed by atoms with Crippen molar-refractivity contribution >= 4 is 31.5 Å². The largest absolute Gasteiger partial charge is 0.490 e. The van der Waals surface area contributed by atoms with Crippen LogP contribution in [0.5, 0.6) is 5.75 Å². The Morgan fingerprint density at radius 2 is 1.68 bits per heavy atom. The maximum absolute atomic E-state index is 15.2. The Labute approximate surface area is 199 Å². The van der Waals surface area contributed by atoms with E-state index in [1.165, 1.54) is 24.3 Å². The maximum atomic E-state index is 15.2. The minimum absolute atomic E-state index is 0.197. The smallest absolute Gasteiger partial charge is 0.356 e. The number of sulfone groups is 1. The summed E-state index contributed by atoms with van der Waals surface area (Å²) in [5.41, 5.74) is -0.485. The predicted octanol–water partition coefficient (Wildman–Crippen LogP) is 4.38. The molecule has 2 aromatic rings. The van der Waals surface area contributed by atoms with E-state index in [-0.39, 0.29) is 42.7 Å². The molecule has 34 heavy (non-hydrogen) atoms. The fourth-order valence-electron chi connectivity index (χ4n) is 4.77. The van der Waals surface area contributed by atoms with E-state index in [0.717, 1.165) is 12.1 Å². The molecule has 4 rings (SSSR count). The Bertz CT molecular complexity index is 1330. The average Bonchev–Trinajstić information content (AvgIpc) is 2.75. The Hall–Kier alpha value is -1.89. The second-order valence-electron chi connectivity index (χ2n) is 8.49. The summed E-state index contributed by atoms with van der Waals surface area (Å²) in [7, 11) is -9.46. The first-order valence-corrected chi connectivity index (χ1v) is 13.6. The lowest BCUT2D eigenvalue weighted by Crippen LogP contribution is -2.56. The quantitative estimate of drug-likeness (QED) is 0.567. The molecule has 0 unspecified atom stereocenters. The van der Waals surface area contributed by atoms with Crippen molar-refractivity contribution in [2.75, 3.05) is 6.61 Å². The molecule has 0 saturated heterocycles. The van der Waals surface area contributed by atoms with Crippen LogP contribution >= 0.6 is 11.6 Å². The number of halogens is 5. The van der Waals surface area contributed by atoms with Gasteiger partial charge in [-0.2, -0.15) is 8.78 Å². The molecule has 2 aromatic carbocycles. The van der Waals surface area contributed by atoms with Crippen LogP contribution in [0.25, 0.3) is 0 Å². The summed E-state index contributed by atoms with van der Waals surface area (Å²) >= 11 is 5.88. The number of ether oxygens (including phenoxy) is 1. The van der Waals surface area contributed by atoms with Gasteiger partial charge in [-0.05, 0) is 55.7 Å². The summed E-state index contributed by atoms with van der Waals surface area (Å²) in [6, 6.07) is 5.71. The van der Waals surface area contributed by atoms with Gasteiger partial charge in [0.25, 0.3) is 10.0 Å². The molecule has 1 heterocycles. The summed E-state index contributed by atoms with van der Waals surface area (Å²) in [6.45, 7) is -0.160. The highest BCUT2D eigenvalue weighted by molar-refractivity contribution is 7.92. The normalized spacial score (nSPS) is 25.2. The molecule has 0 spiro atoms. The lowest BCUT2D eigenvalue weighted by molar-refractivity contribution is 0.102. The van der Waals surface area contributed by atoms with Gasteiger partial charge in [-0.15, -0.1) is 0 Å². The predicted molar refractivity (Wildman–Crippen MR) is 116 cm³/mol. The van der Waals surface area contributed by atoms with Gasteiger partial charge in [0, 0.05) is 23.9 Å². The van der Waals surface area contributed by atoms with Crippen molar-refractivity contribution in [3.63, 3.8) is 0 Å². The van der Waals surface area contributed by atoms with Crippen LogP contribution in [0.1, 0.15) is 31.7 Å². The van der Waals surface area contributed by atoms with Gasteiger partial charge >= 0.3 is 5.25 Å². The fraction of sp³-hybridized carbons (Fsp3) is 0.429. The summed E-state index contributed by atoms with van der Waals surface area (Å²) in [4.78, 5) is -0.197. The van der Waals surface area contributed by atoms with Crippen molar-refractivity contribution in [2.24, 2.45) is 5.92 Å². The molecule has 1 N–H and O–H groups in total. The highest BCUT2D eigenvalue weighted by atomic mass is 35.5. The highest BCUT2D eigenvalue weighted by Gasteiger charge is 2.60. The molecule has 1 fully saturated rings. The van der Waals surface area contributed by atoms with Crippen molar-refractivity contribution in [3.8, 4) is 5.75 Å². The van der Waals surface area contributed by atoms with Crippen LogP contribution in [0.15, 0.2) is 41.3 Å². The summed E-state index contributed by atoms with van der Waals surface area (Å²) in [5.74, 6) is -3.55. The molecule has 0 bridgehead atoms. The van der Waals surface area contributed by atoms with Gasteiger partial charge in [0.15, 0.2) is 21.4 Å². The number of nitrogens with one attached hydrogen (secondary N) is 1. The lowest BCUT2D eigenvalue weighted by Gasteiger charge is -2.49. The Kier molecular flexibility index (Phi) is 6.19. The van der Waals surface area contributed by atoms with E-state index in [1.807, 2.05) is 4.72 Å². The number of benzene rings is 2. The Morgan fingerprint density at radius 1 is 1.06 bits per heavy atom. The van der Waals surface area contributed by atoms with Crippen molar-refractivity contribution in [3.05, 3.63) is 58.6 Å². The van der Waals surface area contributed by atoms with Crippen molar-refractivity contribution < 1.29 is 39.1 Å². The molecule has 186 valence electrons. The third kappa shape index (κ3) is 3.88. The molecule has 1 aliphatic carbocycles. The zero-order valence-corrected chi connectivity index (χ0v) is 20.1. The summed E-state index contributed by atoms with van der Waals surface area (Å²) < 4.78 is 114. The summed E-state index contributed by atoms with van der Waals surface area (Å²) in [6.07, 6.45) is -0.826. The van der Waals surface area contributed by atoms with Gasteiger partial charge in [0.05, 0.1) is 17.1 Å². The number of hydrogen-bond donors (Lipinski definition) is 1. The van der Waals surface area contributed by atoms with Crippen LogP contribution < -0.4 is 9.46 Å². The van der Waals surface area contributed by atoms with Gasteiger partial charge in [-0.25, -0.2) is 30.3 Å². The second kappa shape index (κ2) is 8.35. The molecular weight excluding hydrogens is 522 g/mol. The number of sulfonamides is 1. The van der Waals surface area contributed by atoms with Crippen molar-refractivity contribution in [1.29, 1.82) is 0 Å². The average molecular weight is 542 g/mol. The van der Waals surface area contributed by atoms with E-state index in [4.69, 9.17) is 16.3 Å². The Balaban J connectivity index is 1.86. The summed E-state index contributed by atoms with van der Waals surface area (Å²) in [5, 5.41) is -3.81. The molecule has 2 aliphatic rings. The van der Waals surface area contributed by atoms with Gasteiger partial charge in [-0.1, -0.05) is 11.6 Å². The third-order valence-corrected chi connectivity index (χ3v) is 10.8. The first kappa shape index (κ1) is 25.2.